The Morgan fingerprint density at radius 1 is 1.21 bits per heavy atom. The summed E-state index contributed by atoms with van der Waals surface area (Å²) in [6.45, 7) is 10.8. The van der Waals surface area contributed by atoms with E-state index in [1.165, 1.54) is 51.7 Å². The van der Waals surface area contributed by atoms with Crippen LogP contribution in [0.5, 0.6) is 0 Å². The Bertz CT molecular complexity index is 269. The predicted molar refractivity (Wildman–Crippen MR) is 82.3 cm³/mol. The van der Waals surface area contributed by atoms with E-state index in [9.17, 15) is 0 Å². The molecule has 2 saturated heterocycles. The zero-order valence-electron chi connectivity index (χ0n) is 13.1. The van der Waals surface area contributed by atoms with Gasteiger partial charge in [-0.15, -0.1) is 0 Å². The number of nitrogens with zero attached hydrogens (tertiary/aromatic N) is 2. The van der Waals surface area contributed by atoms with Gasteiger partial charge in [0.25, 0.3) is 0 Å². The first-order valence-electron chi connectivity index (χ1n) is 8.42. The Balaban J connectivity index is 2.01. The average Bonchev–Trinajstić information content (AvgIpc) is 2.40. The molecule has 0 aromatic heterocycles. The standard InChI is InChI=1S/C16H33N3/c1-4-8-15(17)16(5-2)19-12-14-9-6-7-10-18(14)11-13(19)3/h13-16H,4-12,17H2,1-3H3. The van der Waals surface area contributed by atoms with Crippen LogP contribution < -0.4 is 5.73 Å². The second kappa shape index (κ2) is 7.05. The van der Waals surface area contributed by atoms with E-state index < -0.39 is 0 Å². The van der Waals surface area contributed by atoms with Gasteiger partial charge in [0.05, 0.1) is 0 Å². The van der Waals surface area contributed by atoms with Crippen molar-refractivity contribution in [3.05, 3.63) is 0 Å². The minimum Gasteiger partial charge on any atom is -0.326 e. The van der Waals surface area contributed by atoms with Crippen LogP contribution in [0.1, 0.15) is 59.3 Å². The van der Waals surface area contributed by atoms with E-state index in [0.29, 0.717) is 18.1 Å². The molecule has 2 fully saturated rings. The van der Waals surface area contributed by atoms with Gasteiger partial charge in [0.1, 0.15) is 0 Å². The van der Waals surface area contributed by atoms with Gasteiger partial charge in [0, 0.05) is 37.3 Å². The van der Waals surface area contributed by atoms with Crippen LogP contribution in [-0.4, -0.2) is 53.6 Å². The molecule has 4 atom stereocenters. The Labute approximate surface area is 119 Å². The first kappa shape index (κ1) is 15.3. The van der Waals surface area contributed by atoms with Gasteiger partial charge in [-0.3, -0.25) is 9.80 Å². The van der Waals surface area contributed by atoms with Crippen molar-refractivity contribution in [1.82, 2.24) is 9.80 Å². The molecule has 2 aliphatic rings. The maximum Gasteiger partial charge on any atom is 0.0248 e. The molecule has 4 unspecified atom stereocenters. The fourth-order valence-corrected chi connectivity index (χ4v) is 4.15. The second-order valence-electron chi connectivity index (χ2n) is 6.62. The molecular weight excluding hydrogens is 234 g/mol. The zero-order valence-corrected chi connectivity index (χ0v) is 13.1. The largest absolute Gasteiger partial charge is 0.326 e. The number of rotatable bonds is 5. The Morgan fingerprint density at radius 2 is 2.00 bits per heavy atom. The molecule has 0 bridgehead atoms. The molecule has 0 radical (unpaired) electrons. The number of piperazine rings is 1. The fourth-order valence-electron chi connectivity index (χ4n) is 4.15. The average molecular weight is 267 g/mol. The number of hydrogen-bond acceptors (Lipinski definition) is 3. The van der Waals surface area contributed by atoms with Crippen LogP contribution in [0.15, 0.2) is 0 Å². The summed E-state index contributed by atoms with van der Waals surface area (Å²) in [4.78, 5) is 5.45. The van der Waals surface area contributed by atoms with Gasteiger partial charge in [-0.05, 0) is 39.2 Å². The molecule has 2 rings (SSSR count). The van der Waals surface area contributed by atoms with Crippen molar-refractivity contribution in [2.24, 2.45) is 5.73 Å². The summed E-state index contributed by atoms with van der Waals surface area (Å²) < 4.78 is 0. The molecule has 0 aromatic carbocycles. The Kier molecular flexibility index (Phi) is 5.67. The predicted octanol–water partition coefficient (Wildman–Crippen LogP) is 2.45. The quantitative estimate of drug-likeness (QED) is 0.830. The van der Waals surface area contributed by atoms with E-state index in [0.717, 1.165) is 12.5 Å². The summed E-state index contributed by atoms with van der Waals surface area (Å²) >= 11 is 0. The Hall–Kier alpha value is -0.120. The van der Waals surface area contributed by atoms with Crippen LogP contribution in [0.3, 0.4) is 0 Å². The summed E-state index contributed by atoms with van der Waals surface area (Å²) in [5.41, 5.74) is 6.44. The molecule has 112 valence electrons. The SMILES string of the molecule is CCCC(N)C(CC)N1CC2CCCCN2CC1C. The number of fused-ring (bicyclic) bond motifs is 1. The topological polar surface area (TPSA) is 32.5 Å². The van der Waals surface area contributed by atoms with Gasteiger partial charge in [-0.2, -0.15) is 0 Å². The lowest BCUT2D eigenvalue weighted by atomic mass is 9.92. The monoisotopic (exact) mass is 267 g/mol. The van der Waals surface area contributed by atoms with Crippen LogP contribution in [0.4, 0.5) is 0 Å². The van der Waals surface area contributed by atoms with Gasteiger partial charge in [0.2, 0.25) is 0 Å². The first-order valence-corrected chi connectivity index (χ1v) is 8.42. The third-order valence-electron chi connectivity index (χ3n) is 5.20. The van der Waals surface area contributed by atoms with Crippen molar-refractivity contribution in [3.8, 4) is 0 Å². The summed E-state index contributed by atoms with van der Waals surface area (Å²) in [5.74, 6) is 0. The van der Waals surface area contributed by atoms with Gasteiger partial charge in [0.15, 0.2) is 0 Å². The van der Waals surface area contributed by atoms with E-state index in [4.69, 9.17) is 5.73 Å². The van der Waals surface area contributed by atoms with Crippen molar-refractivity contribution in [2.75, 3.05) is 19.6 Å². The van der Waals surface area contributed by atoms with Crippen molar-refractivity contribution in [2.45, 2.75) is 83.5 Å². The molecule has 0 aliphatic carbocycles. The molecule has 0 saturated carbocycles. The van der Waals surface area contributed by atoms with Gasteiger partial charge in [-0.1, -0.05) is 26.7 Å². The van der Waals surface area contributed by atoms with Crippen LogP contribution in [0.25, 0.3) is 0 Å². The van der Waals surface area contributed by atoms with Gasteiger partial charge >= 0.3 is 0 Å². The van der Waals surface area contributed by atoms with E-state index in [1.54, 1.807) is 0 Å². The lowest BCUT2D eigenvalue weighted by Gasteiger charge is -2.51. The van der Waals surface area contributed by atoms with Crippen LogP contribution in [0.2, 0.25) is 0 Å². The van der Waals surface area contributed by atoms with E-state index in [1.807, 2.05) is 0 Å². The molecule has 19 heavy (non-hydrogen) atoms. The molecule has 2 heterocycles. The first-order chi connectivity index (χ1) is 9.17. The smallest absolute Gasteiger partial charge is 0.0248 e. The minimum atomic E-state index is 0.354. The zero-order chi connectivity index (χ0) is 13.8. The third-order valence-corrected chi connectivity index (χ3v) is 5.20. The van der Waals surface area contributed by atoms with Gasteiger partial charge < -0.3 is 5.73 Å². The maximum atomic E-state index is 6.44. The number of nitrogens with two attached hydrogens (primary N) is 1. The molecule has 3 nitrogen and oxygen atoms in total. The van der Waals surface area contributed by atoms with Crippen molar-refractivity contribution >= 4 is 0 Å². The lowest BCUT2D eigenvalue weighted by Crippen LogP contribution is -2.63. The van der Waals surface area contributed by atoms with E-state index in [2.05, 4.69) is 30.6 Å². The van der Waals surface area contributed by atoms with Crippen molar-refractivity contribution < 1.29 is 0 Å². The van der Waals surface area contributed by atoms with E-state index in [-0.39, 0.29) is 0 Å². The highest BCUT2D eigenvalue weighted by Crippen LogP contribution is 2.27. The second-order valence-corrected chi connectivity index (χ2v) is 6.62. The third kappa shape index (κ3) is 3.50. The molecule has 0 amide bonds. The number of hydrogen-bond donors (Lipinski definition) is 1. The summed E-state index contributed by atoms with van der Waals surface area (Å²) in [6.07, 6.45) is 7.77. The normalized spacial score (nSPS) is 32.8. The highest BCUT2D eigenvalue weighted by atomic mass is 15.3. The van der Waals surface area contributed by atoms with Crippen LogP contribution in [0, 0.1) is 0 Å². The van der Waals surface area contributed by atoms with E-state index >= 15 is 0 Å². The summed E-state index contributed by atoms with van der Waals surface area (Å²) in [6, 6.07) is 2.40. The molecule has 0 aromatic rings. The van der Waals surface area contributed by atoms with Crippen LogP contribution in [-0.2, 0) is 0 Å². The molecule has 3 heteroatoms. The minimum absolute atomic E-state index is 0.354. The summed E-state index contributed by atoms with van der Waals surface area (Å²) in [7, 11) is 0. The van der Waals surface area contributed by atoms with Gasteiger partial charge in [-0.25, -0.2) is 0 Å². The molecule has 0 spiro atoms. The highest BCUT2D eigenvalue weighted by Gasteiger charge is 2.37. The maximum absolute atomic E-state index is 6.44. The molecular formula is C16H33N3. The Morgan fingerprint density at radius 3 is 2.68 bits per heavy atom. The lowest BCUT2D eigenvalue weighted by molar-refractivity contribution is -0.0150. The number of piperidine rings is 1. The van der Waals surface area contributed by atoms with Crippen LogP contribution >= 0.6 is 0 Å². The highest BCUT2D eigenvalue weighted by molar-refractivity contribution is 4.94. The summed E-state index contributed by atoms with van der Waals surface area (Å²) in [5, 5.41) is 0. The fraction of sp³-hybridized carbons (Fsp3) is 1.00. The van der Waals surface area contributed by atoms with Crippen molar-refractivity contribution in [3.63, 3.8) is 0 Å². The van der Waals surface area contributed by atoms with Crippen molar-refractivity contribution in [1.29, 1.82) is 0 Å². The molecule has 2 N–H and O–H groups in total. The molecule has 2 aliphatic heterocycles.